The average Bonchev–Trinajstić information content (AvgIpc) is 3.28. The first-order chi connectivity index (χ1) is 11.8. The van der Waals surface area contributed by atoms with Gasteiger partial charge in [0.05, 0.1) is 0 Å². The Morgan fingerprint density at radius 1 is 1.04 bits per heavy atom. The Kier molecular flexibility index (Phi) is 5.72. The van der Waals surface area contributed by atoms with Crippen LogP contribution in [0.2, 0.25) is 0 Å². The molecule has 0 saturated carbocycles. The third-order valence-corrected chi connectivity index (χ3v) is 4.11. The van der Waals surface area contributed by atoms with Crippen molar-refractivity contribution in [2.24, 2.45) is 0 Å². The summed E-state index contributed by atoms with van der Waals surface area (Å²) in [5.74, 6) is 1.75. The Labute approximate surface area is 143 Å². The summed E-state index contributed by atoms with van der Waals surface area (Å²) in [4.78, 5) is 13.7. The normalized spacial score (nSPS) is 16.9. The first-order valence-corrected chi connectivity index (χ1v) is 8.51. The fourth-order valence-corrected chi connectivity index (χ4v) is 2.78. The highest BCUT2D eigenvalue weighted by Crippen LogP contribution is 2.32. The molecule has 0 atom stereocenters. The fraction of sp³-hybridized carbons (Fsp3) is 0.350. The van der Waals surface area contributed by atoms with Gasteiger partial charge in [-0.1, -0.05) is 36.4 Å². The van der Waals surface area contributed by atoms with Crippen molar-refractivity contribution in [2.45, 2.75) is 25.7 Å². The summed E-state index contributed by atoms with van der Waals surface area (Å²) in [6.07, 6.45) is 15.9. The topological polar surface area (TPSA) is 38.8 Å². The molecular weight excluding hydrogens is 302 g/mol. The molecule has 1 aromatic rings. The number of amides is 1. The molecule has 2 aliphatic heterocycles. The monoisotopic (exact) mass is 325 g/mol. The molecule has 1 saturated heterocycles. The highest BCUT2D eigenvalue weighted by Gasteiger charge is 2.14. The van der Waals surface area contributed by atoms with Gasteiger partial charge in [-0.2, -0.15) is 0 Å². The molecule has 0 aliphatic carbocycles. The lowest BCUT2D eigenvalue weighted by molar-refractivity contribution is -0.124. The number of allylic oxidation sites excluding steroid dienone is 4. The SMILES string of the molecule is O=C(/C=C/C=C/CC/C=C\c1ccc2c(c1)OCO2)N1CCCC1. The van der Waals surface area contributed by atoms with Crippen LogP contribution in [0.1, 0.15) is 31.2 Å². The second kappa shape index (κ2) is 8.39. The second-order valence-corrected chi connectivity index (χ2v) is 5.91. The third kappa shape index (κ3) is 4.51. The molecule has 4 heteroatoms. The summed E-state index contributed by atoms with van der Waals surface area (Å²) in [6, 6.07) is 5.94. The predicted molar refractivity (Wildman–Crippen MR) is 94.9 cm³/mol. The van der Waals surface area contributed by atoms with Crippen molar-refractivity contribution in [3.63, 3.8) is 0 Å². The van der Waals surface area contributed by atoms with Crippen molar-refractivity contribution in [2.75, 3.05) is 19.9 Å². The predicted octanol–water partition coefficient (Wildman–Crippen LogP) is 3.94. The van der Waals surface area contributed by atoms with Crippen molar-refractivity contribution in [1.82, 2.24) is 4.90 Å². The van der Waals surface area contributed by atoms with Crippen LogP contribution >= 0.6 is 0 Å². The zero-order valence-electron chi connectivity index (χ0n) is 13.8. The van der Waals surface area contributed by atoms with E-state index < -0.39 is 0 Å². The number of nitrogens with zero attached hydrogens (tertiary/aromatic N) is 1. The molecule has 3 rings (SSSR count). The van der Waals surface area contributed by atoms with Gasteiger partial charge in [-0.25, -0.2) is 0 Å². The van der Waals surface area contributed by atoms with Gasteiger partial charge in [-0.3, -0.25) is 4.79 Å². The summed E-state index contributed by atoms with van der Waals surface area (Å²) in [6.45, 7) is 2.11. The molecule has 1 amide bonds. The fourth-order valence-electron chi connectivity index (χ4n) is 2.78. The van der Waals surface area contributed by atoms with E-state index >= 15 is 0 Å². The smallest absolute Gasteiger partial charge is 0.246 e. The Morgan fingerprint density at radius 3 is 2.71 bits per heavy atom. The van der Waals surface area contributed by atoms with Crippen LogP contribution in [0.4, 0.5) is 0 Å². The molecule has 0 N–H and O–H groups in total. The molecule has 0 unspecified atom stereocenters. The van der Waals surface area contributed by atoms with Crippen molar-refractivity contribution in [1.29, 1.82) is 0 Å². The van der Waals surface area contributed by atoms with Crippen molar-refractivity contribution in [3.8, 4) is 11.5 Å². The van der Waals surface area contributed by atoms with Crippen LogP contribution in [0.3, 0.4) is 0 Å². The zero-order valence-corrected chi connectivity index (χ0v) is 13.8. The third-order valence-electron chi connectivity index (χ3n) is 4.11. The molecular formula is C20H23NO3. The van der Waals surface area contributed by atoms with E-state index in [2.05, 4.69) is 18.2 Å². The molecule has 2 aliphatic rings. The number of unbranched alkanes of at least 4 members (excludes halogenated alkanes) is 1. The van der Waals surface area contributed by atoms with Gasteiger partial charge in [0, 0.05) is 19.2 Å². The minimum Gasteiger partial charge on any atom is -0.454 e. The summed E-state index contributed by atoms with van der Waals surface area (Å²) in [5.41, 5.74) is 1.11. The number of rotatable bonds is 6. The van der Waals surface area contributed by atoms with E-state index in [9.17, 15) is 4.79 Å². The molecule has 0 aromatic heterocycles. The van der Waals surface area contributed by atoms with Crippen LogP contribution in [0.25, 0.3) is 6.08 Å². The van der Waals surface area contributed by atoms with Crippen LogP contribution in [0, 0.1) is 0 Å². The van der Waals surface area contributed by atoms with Crippen LogP contribution < -0.4 is 9.47 Å². The zero-order chi connectivity index (χ0) is 16.6. The van der Waals surface area contributed by atoms with E-state index in [0.717, 1.165) is 55.8 Å². The molecule has 2 heterocycles. The van der Waals surface area contributed by atoms with E-state index in [-0.39, 0.29) is 5.91 Å². The summed E-state index contributed by atoms with van der Waals surface area (Å²) in [7, 11) is 0. The van der Waals surface area contributed by atoms with Crippen molar-refractivity contribution in [3.05, 3.63) is 54.1 Å². The van der Waals surface area contributed by atoms with Gasteiger partial charge in [0.15, 0.2) is 11.5 Å². The maximum atomic E-state index is 11.8. The van der Waals surface area contributed by atoms with Gasteiger partial charge < -0.3 is 14.4 Å². The van der Waals surface area contributed by atoms with E-state index in [4.69, 9.17) is 9.47 Å². The molecule has 24 heavy (non-hydrogen) atoms. The first-order valence-electron chi connectivity index (χ1n) is 8.51. The first kappa shape index (κ1) is 16.4. The van der Waals surface area contributed by atoms with Crippen molar-refractivity contribution >= 4 is 12.0 Å². The molecule has 0 bridgehead atoms. The van der Waals surface area contributed by atoms with Crippen LogP contribution in [-0.2, 0) is 4.79 Å². The number of benzene rings is 1. The standard InChI is InChI=1S/C20H23NO3/c22-20(21-13-7-8-14-21)10-6-4-2-1-3-5-9-17-11-12-18-19(15-17)24-16-23-18/h2,4-6,9-12,15H,1,3,7-8,13-14,16H2/b4-2+,9-5-,10-6+. The molecule has 0 spiro atoms. The number of ether oxygens (including phenoxy) is 2. The quantitative estimate of drug-likeness (QED) is 0.452. The maximum Gasteiger partial charge on any atom is 0.246 e. The summed E-state index contributed by atoms with van der Waals surface area (Å²) >= 11 is 0. The number of likely N-dealkylation sites (tertiary alicyclic amines) is 1. The summed E-state index contributed by atoms with van der Waals surface area (Å²) in [5, 5.41) is 0. The van der Waals surface area contributed by atoms with E-state index in [0.29, 0.717) is 6.79 Å². The van der Waals surface area contributed by atoms with E-state index in [1.807, 2.05) is 35.3 Å². The number of carbonyl (C=O) groups is 1. The Balaban J connectivity index is 1.36. The lowest BCUT2D eigenvalue weighted by Gasteiger charge is -2.11. The summed E-state index contributed by atoms with van der Waals surface area (Å²) < 4.78 is 10.7. The van der Waals surface area contributed by atoms with Crippen molar-refractivity contribution < 1.29 is 14.3 Å². The average molecular weight is 325 g/mol. The van der Waals surface area contributed by atoms with Crippen LogP contribution in [-0.4, -0.2) is 30.7 Å². The lowest BCUT2D eigenvalue weighted by atomic mass is 10.1. The molecule has 1 aromatic carbocycles. The van der Waals surface area contributed by atoms with E-state index in [1.54, 1.807) is 6.08 Å². The number of hydrogen-bond donors (Lipinski definition) is 0. The molecule has 4 nitrogen and oxygen atoms in total. The Bertz CT molecular complexity index is 655. The van der Waals surface area contributed by atoms with Gasteiger partial charge in [-0.05, 0) is 43.4 Å². The molecule has 126 valence electrons. The van der Waals surface area contributed by atoms with Gasteiger partial charge in [0.2, 0.25) is 12.7 Å². The Hall–Kier alpha value is -2.49. The van der Waals surface area contributed by atoms with Gasteiger partial charge >= 0.3 is 0 Å². The second-order valence-electron chi connectivity index (χ2n) is 5.91. The van der Waals surface area contributed by atoms with Crippen LogP contribution in [0.5, 0.6) is 11.5 Å². The number of fused-ring (bicyclic) bond motifs is 1. The highest BCUT2D eigenvalue weighted by molar-refractivity contribution is 5.88. The maximum absolute atomic E-state index is 11.8. The number of carbonyl (C=O) groups excluding carboxylic acids is 1. The van der Waals surface area contributed by atoms with E-state index in [1.165, 1.54) is 0 Å². The largest absolute Gasteiger partial charge is 0.454 e. The van der Waals surface area contributed by atoms with Gasteiger partial charge in [0.1, 0.15) is 0 Å². The number of hydrogen-bond acceptors (Lipinski definition) is 3. The minimum atomic E-state index is 0.125. The highest BCUT2D eigenvalue weighted by atomic mass is 16.7. The van der Waals surface area contributed by atoms with Gasteiger partial charge in [0.25, 0.3) is 0 Å². The molecule has 0 radical (unpaired) electrons. The lowest BCUT2D eigenvalue weighted by Crippen LogP contribution is -2.25. The molecule has 1 fully saturated rings. The van der Waals surface area contributed by atoms with Gasteiger partial charge in [-0.15, -0.1) is 0 Å². The Morgan fingerprint density at radius 2 is 1.83 bits per heavy atom. The van der Waals surface area contributed by atoms with Crippen LogP contribution in [0.15, 0.2) is 48.6 Å². The minimum absolute atomic E-state index is 0.125.